The minimum atomic E-state index is -1.24. The minimum Gasteiger partial charge on any atom is -0.465 e. The molecular weight excluding hydrogens is 971 g/mol. The van der Waals surface area contributed by atoms with Crippen LogP contribution >= 0.6 is 0 Å². The molecule has 0 atom stereocenters. The molecule has 0 spiro atoms. The van der Waals surface area contributed by atoms with Gasteiger partial charge < -0.3 is 23.8 Å². The molecule has 1 aliphatic rings. The molecule has 0 radical (unpaired) electrons. The molecule has 1 saturated heterocycles. The highest BCUT2D eigenvalue weighted by molar-refractivity contribution is 5.71. The average Bonchev–Trinajstić information content (AvgIpc) is 3.45. The fourth-order valence-electron chi connectivity index (χ4n) is 9.50. The molecule has 448 valence electrons. The molecule has 0 amide bonds. The van der Waals surface area contributed by atoms with Crippen molar-refractivity contribution in [1.82, 2.24) is 4.90 Å². The third kappa shape index (κ3) is 49.3. The first kappa shape index (κ1) is 72.3. The van der Waals surface area contributed by atoms with Crippen molar-refractivity contribution < 1.29 is 38.1 Å². The average molecular weight is 1090 g/mol. The molecule has 0 saturated carbocycles. The normalized spacial score (nSPS) is 13.6. The monoisotopic (exact) mass is 1090 g/mol. The van der Waals surface area contributed by atoms with Gasteiger partial charge in [-0.1, -0.05) is 196 Å². The summed E-state index contributed by atoms with van der Waals surface area (Å²) >= 11 is 0. The summed E-state index contributed by atoms with van der Waals surface area (Å²) in [5.74, 6) is -1.44. The topological polar surface area (TPSA) is 108 Å². The lowest BCUT2D eigenvalue weighted by molar-refractivity contribution is -0.170. The molecule has 0 bridgehead atoms. The molecule has 0 aromatic rings. The molecule has 9 nitrogen and oxygen atoms in total. The second-order valence-electron chi connectivity index (χ2n) is 22.4. The molecule has 1 fully saturated rings. The zero-order chi connectivity index (χ0) is 56.3. The summed E-state index contributed by atoms with van der Waals surface area (Å²) in [5, 5.41) is 0. The van der Waals surface area contributed by atoms with Gasteiger partial charge in [0.2, 0.25) is 0 Å². The number of carbonyl (C=O) groups excluding carboxylic acids is 4. The van der Waals surface area contributed by atoms with Crippen LogP contribution in [0, 0.1) is 5.41 Å². The Morgan fingerprint density at radius 1 is 0.321 bits per heavy atom. The summed E-state index contributed by atoms with van der Waals surface area (Å²) in [4.78, 5) is 55.7. The van der Waals surface area contributed by atoms with E-state index in [0.29, 0.717) is 25.7 Å². The number of allylic oxidation sites excluding steroid dienone is 12. The van der Waals surface area contributed by atoms with Crippen LogP contribution in [-0.4, -0.2) is 74.8 Å². The number of rotatable bonds is 55. The highest BCUT2D eigenvalue weighted by Gasteiger charge is 2.38. The molecule has 0 aromatic heterocycles. The molecule has 0 N–H and O–H groups in total. The number of ether oxygens (including phenoxy) is 4. The van der Waals surface area contributed by atoms with E-state index >= 15 is 0 Å². The highest BCUT2D eigenvalue weighted by Crippen LogP contribution is 2.24. The van der Waals surface area contributed by atoms with Crippen LogP contribution in [0.1, 0.15) is 290 Å². The Bertz CT molecular complexity index is 1440. The Kier molecular flexibility index (Phi) is 52.4. The maximum absolute atomic E-state index is 13.3. The zero-order valence-corrected chi connectivity index (χ0v) is 50.8. The van der Waals surface area contributed by atoms with Gasteiger partial charge in [0.15, 0.2) is 0 Å². The Morgan fingerprint density at radius 2 is 0.577 bits per heavy atom. The van der Waals surface area contributed by atoms with Gasteiger partial charge in [0.25, 0.3) is 0 Å². The molecular formula is C69H119NO8. The fraction of sp³-hybridized carbons (Fsp3) is 0.768. The number of hydrogen-bond acceptors (Lipinski definition) is 9. The Balaban J connectivity index is 2.83. The van der Waals surface area contributed by atoms with Gasteiger partial charge in [-0.15, -0.1) is 0 Å². The van der Waals surface area contributed by atoms with E-state index in [9.17, 15) is 19.2 Å². The zero-order valence-electron chi connectivity index (χ0n) is 50.8. The summed E-state index contributed by atoms with van der Waals surface area (Å²) in [6, 6.07) is 0. The van der Waals surface area contributed by atoms with Gasteiger partial charge in [0, 0.05) is 25.7 Å². The number of carbonyl (C=O) groups is 4. The van der Waals surface area contributed by atoms with E-state index in [1.54, 1.807) is 0 Å². The molecule has 0 aliphatic carbocycles. The smallest absolute Gasteiger partial charge is 0.305 e. The van der Waals surface area contributed by atoms with Crippen molar-refractivity contribution in [3.8, 4) is 0 Å². The summed E-state index contributed by atoms with van der Waals surface area (Å²) in [5.41, 5.74) is -1.24. The minimum absolute atomic E-state index is 0.192. The number of piperidine rings is 1. The highest BCUT2D eigenvalue weighted by atomic mass is 16.6. The lowest BCUT2D eigenvalue weighted by atomic mass is 9.92. The van der Waals surface area contributed by atoms with E-state index in [4.69, 9.17) is 18.9 Å². The van der Waals surface area contributed by atoms with Crippen LogP contribution in [0.25, 0.3) is 0 Å². The van der Waals surface area contributed by atoms with Gasteiger partial charge in [-0.25, -0.2) is 0 Å². The first-order valence-electron chi connectivity index (χ1n) is 32.6. The second-order valence-corrected chi connectivity index (χ2v) is 22.4. The summed E-state index contributed by atoms with van der Waals surface area (Å²) < 4.78 is 23.7. The van der Waals surface area contributed by atoms with Crippen molar-refractivity contribution in [2.24, 2.45) is 5.41 Å². The van der Waals surface area contributed by atoms with Crippen LogP contribution in [-0.2, 0) is 38.1 Å². The van der Waals surface area contributed by atoms with Crippen molar-refractivity contribution in [2.75, 3.05) is 46.1 Å². The van der Waals surface area contributed by atoms with Crippen molar-refractivity contribution in [1.29, 1.82) is 0 Å². The van der Waals surface area contributed by atoms with Gasteiger partial charge in [-0.05, 0) is 161 Å². The number of esters is 4. The van der Waals surface area contributed by atoms with E-state index < -0.39 is 5.41 Å². The summed E-state index contributed by atoms with van der Waals surface area (Å²) in [6.45, 7) is 9.14. The Morgan fingerprint density at radius 3 is 0.872 bits per heavy atom. The quantitative estimate of drug-likeness (QED) is 0.0255. The predicted octanol–water partition coefficient (Wildman–Crippen LogP) is 19.2. The maximum atomic E-state index is 13.3. The van der Waals surface area contributed by atoms with E-state index in [0.717, 1.165) is 142 Å². The van der Waals surface area contributed by atoms with Crippen molar-refractivity contribution >= 4 is 23.9 Å². The molecule has 0 unspecified atom stereocenters. The summed E-state index contributed by atoms with van der Waals surface area (Å²) in [6.07, 6.45) is 69.6. The van der Waals surface area contributed by atoms with Gasteiger partial charge in [0.1, 0.15) is 31.8 Å². The largest absolute Gasteiger partial charge is 0.465 e. The Hall–Kier alpha value is -3.72. The number of likely N-dealkylation sites (tertiary alicyclic amines) is 1. The van der Waals surface area contributed by atoms with Gasteiger partial charge in [0.05, 0.1) is 0 Å². The predicted molar refractivity (Wildman–Crippen MR) is 328 cm³/mol. The van der Waals surface area contributed by atoms with Crippen LogP contribution in [0.5, 0.6) is 0 Å². The summed E-state index contributed by atoms with van der Waals surface area (Å²) in [7, 11) is 0. The molecule has 1 aliphatic heterocycles. The molecule has 1 heterocycles. The van der Waals surface area contributed by atoms with E-state index in [-0.39, 0.29) is 76.0 Å². The van der Waals surface area contributed by atoms with Crippen LogP contribution in [0.15, 0.2) is 72.9 Å². The maximum Gasteiger partial charge on any atom is 0.305 e. The van der Waals surface area contributed by atoms with Crippen LogP contribution in [0.3, 0.4) is 0 Å². The van der Waals surface area contributed by atoms with Crippen molar-refractivity contribution in [3.05, 3.63) is 72.9 Å². The van der Waals surface area contributed by atoms with Crippen LogP contribution < -0.4 is 0 Å². The number of nitrogens with zero attached hydrogens (tertiary/aromatic N) is 1. The van der Waals surface area contributed by atoms with E-state index in [2.05, 4.69) is 98.6 Å². The van der Waals surface area contributed by atoms with Crippen LogP contribution in [0.2, 0.25) is 0 Å². The second kappa shape index (κ2) is 56.6. The van der Waals surface area contributed by atoms with Gasteiger partial charge in [-0.3, -0.25) is 19.2 Å². The van der Waals surface area contributed by atoms with E-state index in [1.807, 2.05) is 0 Å². The molecule has 78 heavy (non-hydrogen) atoms. The lowest BCUT2D eigenvalue weighted by Crippen LogP contribution is -2.44. The van der Waals surface area contributed by atoms with Gasteiger partial charge in [-0.2, -0.15) is 0 Å². The third-order valence-corrected chi connectivity index (χ3v) is 14.7. The fourth-order valence-corrected chi connectivity index (χ4v) is 9.50. The van der Waals surface area contributed by atoms with E-state index in [1.165, 1.54) is 96.3 Å². The van der Waals surface area contributed by atoms with Crippen molar-refractivity contribution in [2.45, 2.75) is 290 Å². The van der Waals surface area contributed by atoms with Crippen molar-refractivity contribution in [3.63, 3.8) is 0 Å². The van der Waals surface area contributed by atoms with Gasteiger partial charge >= 0.3 is 23.9 Å². The first-order chi connectivity index (χ1) is 38.3. The molecule has 9 heteroatoms. The first-order valence-corrected chi connectivity index (χ1v) is 32.6. The number of hydrogen-bond donors (Lipinski definition) is 0. The number of unbranched alkanes of at least 4 members (excludes halogenated alkanes) is 25. The third-order valence-electron chi connectivity index (χ3n) is 14.7. The molecule has 1 rings (SSSR count). The SMILES string of the molecule is CCCCC/C=C\C/C=C\CCCCCCCC(=O)OCC(COC(=O)CCCCCCC/C=C\C/C=C\CCCCC)(COC(=O)CCCCCCC/C=C\C/C=C\CCCCC)COC(=O)CCCCN1CCCCC1. The molecule has 0 aromatic carbocycles. The lowest BCUT2D eigenvalue weighted by Gasteiger charge is -2.31. The van der Waals surface area contributed by atoms with Crippen LogP contribution in [0.4, 0.5) is 0 Å². The Labute approximate surface area is 479 Å². The standard InChI is InChI=1S/C69H119NO8/c1-4-7-10-13-16-19-22-25-28-31-34-37-40-43-47-54-65(71)75-61-69(64-78-68(74)57-50-53-60-70-58-51-46-52-59-70,62-76-66(72)55-48-44-41-38-35-32-29-26-23-20-17-14-11-8-5-2)63-77-67(73)56-49-45-42-39-36-33-30-27-24-21-18-15-12-9-6-3/h16-21,25-30H,4-15,22-24,31-64H2,1-3H3/b19-16-,20-17-,21-18-,28-25-,29-26-,30-27-.